The predicted molar refractivity (Wildman–Crippen MR) is 78.3 cm³/mol. The first-order chi connectivity index (χ1) is 9.24. The molecule has 0 spiro atoms. The quantitative estimate of drug-likeness (QED) is 0.886. The molecule has 2 aromatic rings. The van der Waals surface area contributed by atoms with Crippen molar-refractivity contribution < 1.29 is 0 Å². The van der Waals surface area contributed by atoms with Gasteiger partial charge in [0.05, 0.1) is 17.6 Å². The minimum atomic E-state index is 0.513. The van der Waals surface area contributed by atoms with E-state index in [0.717, 1.165) is 49.6 Å². The van der Waals surface area contributed by atoms with E-state index in [1.807, 2.05) is 0 Å². The number of rotatable bonds is 3. The van der Waals surface area contributed by atoms with Gasteiger partial charge < -0.3 is 10.3 Å². The predicted octanol–water partition coefficient (Wildman–Crippen LogP) is 2.09. The molecule has 1 fully saturated rings. The summed E-state index contributed by atoms with van der Waals surface area (Å²) in [6, 6.07) is 6.42. The molecule has 0 saturated carbocycles. The van der Waals surface area contributed by atoms with Gasteiger partial charge in [0.25, 0.3) is 0 Å². The molecule has 2 heterocycles. The lowest BCUT2D eigenvalue weighted by molar-refractivity contribution is 0.229. The second kappa shape index (κ2) is 5.31. The number of para-hydroxylation sites is 1. The van der Waals surface area contributed by atoms with Gasteiger partial charge in [0.15, 0.2) is 0 Å². The minimum Gasteiger partial charge on any atom is -0.341 e. The molecular formula is C15H22N4. The Hall–Kier alpha value is -1.39. The van der Waals surface area contributed by atoms with E-state index >= 15 is 0 Å². The van der Waals surface area contributed by atoms with E-state index in [1.165, 1.54) is 5.56 Å². The molecule has 0 radical (unpaired) electrons. The van der Waals surface area contributed by atoms with Gasteiger partial charge >= 0.3 is 0 Å². The number of piperazine rings is 1. The smallest absolute Gasteiger partial charge is 0.121 e. The SMILES string of the molecule is CC(C)c1cccc2[nH]c(CN3CCNCC3)nc12. The van der Waals surface area contributed by atoms with Crippen molar-refractivity contribution in [2.24, 2.45) is 0 Å². The highest BCUT2D eigenvalue weighted by Crippen LogP contribution is 2.23. The van der Waals surface area contributed by atoms with Gasteiger partial charge in [-0.15, -0.1) is 0 Å². The summed E-state index contributed by atoms with van der Waals surface area (Å²) < 4.78 is 0. The van der Waals surface area contributed by atoms with Crippen LogP contribution >= 0.6 is 0 Å². The van der Waals surface area contributed by atoms with Crippen LogP contribution in [0.2, 0.25) is 0 Å². The molecule has 19 heavy (non-hydrogen) atoms. The fraction of sp³-hybridized carbons (Fsp3) is 0.533. The molecule has 0 aliphatic carbocycles. The number of hydrogen-bond donors (Lipinski definition) is 2. The molecule has 1 aromatic carbocycles. The van der Waals surface area contributed by atoms with Crippen molar-refractivity contribution in [3.05, 3.63) is 29.6 Å². The normalized spacial score (nSPS) is 17.4. The Labute approximate surface area is 114 Å². The lowest BCUT2D eigenvalue weighted by Gasteiger charge is -2.26. The fourth-order valence-corrected chi connectivity index (χ4v) is 2.73. The van der Waals surface area contributed by atoms with Crippen molar-refractivity contribution in [3.63, 3.8) is 0 Å². The molecule has 1 aliphatic heterocycles. The zero-order valence-electron chi connectivity index (χ0n) is 11.7. The van der Waals surface area contributed by atoms with Gasteiger partial charge in [-0.2, -0.15) is 0 Å². The van der Waals surface area contributed by atoms with Crippen LogP contribution in [0.3, 0.4) is 0 Å². The van der Waals surface area contributed by atoms with Crippen LogP contribution in [0.1, 0.15) is 31.2 Å². The molecule has 1 aromatic heterocycles. The highest BCUT2D eigenvalue weighted by Gasteiger charge is 2.14. The number of fused-ring (bicyclic) bond motifs is 1. The van der Waals surface area contributed by atoms with Crippen LogP contribution in [0.5, 0.6) is 0 Å². The van der Waals surface area contributed by atoms with Crippen LogP contribution < -0.4 is 5.32 Å². The highest BCUT2D eigenvalue weighted by molar-refractivity contribution is 5.79. The van der Waals surface area contributed by atoms with Gasteiger partial charge in [-0.3, -0.25) is 4.90 Å². The summed E-state index contributed by atoms with van der Waals surface area (Å²) in [6.45, 7) is 9.74. The van der Waals surface area contributed by atoms with E-state index < -0.39 is 0 Å². The van der Waals surface area contributed by atoms with Gasteiger partial charge in [-0.05, 0) is 17.5 Å². The summed E-state index contributed by atoms with van der Waals surface area (Å²) in [4.78, 5) is 10.7. The van der Waals surface area contributed by atoms with E-state index in [9.17, 15) is 0 Å². The standard InChI is InChI=1S/C15H22N4/c1-11(2)12-4-3-5-13-15(12)18-14(17-13)10-19-8-6-16-7-9-19/h3-5,11,16H,6-10H2,1-2H3,(H,17,18). The van der Waals surface area contributed by atoms with E-state index in [1.54, 1.807) is 0 Å². The summed E-state index contributed by atoms with van der Waals surface area (Å²) in [5.74, 6) is 1.60. The third-order valence-electron chi connectivity index (χ3n) is 3.80. The van der Waals surface area contributed by atoms with Crippen LogP contribution in [0.4, 0.5) is 0 Å². The number of hydrogen-bond acceptors (Lipinski definition) is 3. The molecule has 0 amide bonds. The lowest BCUT2D eigenvalue weighted by Crippen LogP contribution is -2.43. The third-order valence-corrected chi connectivity index (χ3v) is 3.80. The van der Waals surface area contributed by atoms with E-state index in [0.29, 0.717) is 5.92 Å². The first-order valence-electron chi connectivity index (χ1n) is 7.14. The molecule has 0 atom stereocenters. The van der Waals surface area contributed by atoms with Gasteiger partial charge in [0, 0.05) is 26.2 Å². The zero-order chi connectivity index (χ0) is 13.2. The largest absolute Gasteiger partial charge is 0.341 e. The maximum Gasteiger partial charge on any atom is 0.121 e. The Morgan fingerprint density at radius 1 is 1.26 bits per heavy atom. The molecule has 102 valence electrons. The fourth-order valence-electron chi connectivity index (χ4n) is 2.73. The van der Waals surface area contributed by atoms with Crippen molar-refractivity contribution in [3.8, 4) is 0 Å². The second-order valence-corrected chi connectivity index (χ2v) is 5.61. The third kappa shape index (κ3) is 2.65. The Morgan fingerprint density at radius 3 is 2.79 bits per heavy atom. The molecule has 4 nitrogen and oxygen atoms in total. The van der Waals surface area contributed by atoms with Gasteiger partial charge in [0.1, 0.15) is 5.82 Å². The Balaban J connectivity index is 1.86. The van der Waals surface area contributed by atoms with Crippen molar-refractivity contribution in [1.29, 1.82) is 0 Å². The summed E-state index contributed by atoms with van der Waals surface area (Å²) in [5, 5.41) is 3.38. The summed E-state index contributed by atoms with van der Waals surface area (Å²) in [5.41, 5.74) is 3.64. The first kappa shape index (κ1) is 12.6. The second-order valence-electron chi connectivity index (χ2n) is 5.61. The van der Waals surface area contributed by atoms with Crippen molar-refractivity contribution in [2.45, 2.75) is 26.3 Å². The highest BCUT2D eigenvalue weighted by atomic mass is 15.2. The topological polar surface area (TPSA) is 44.0 Å². The number of nitrogens with zero attached hydrogens (tertiary/aromatic N) is 2. The maximum atomic E-state index is 4.81. The van der Waals surface area contributed by atoms with Crippen LogP contribution in [-0.4, -0.2) is 41.0 Å². The molecular weight excluding hydrogens is 236 g/mol. The van der Waals surface area contributed by atoms with Gasteiger partial charge in [0.2, 0.25) is 0 Å². The monoisotopic (exact) mass is 258 g/mol. The molecule has 4 heteroatoms. The van der Waals surface area contributed by atoms with Gasteiger partial charge in [-0.25, -0.2) is 4.98 Å². The van der Waals surface area contributed by atoms with Gasteiger partial charge in [-0.1, -0.05) is 26.0 Å². The number of H-pyrrole nitrogens is 1. The molecule has 0 unspecified atom stereocenters. The average Bonchev–Trinajstić information content (AvgIpc) is 2.81. The molecule has 3 rings (SSSR count). The Kier molecular flexibility index (Phi) is 3.53. The number of aromatic nitrogens is 2. The lowest BCUT2D eigenvalue weighted by atomic mass is 10.0. The minimum absolute atomic E-state index is 0.513. The van der Waals surface area contributed by atoms with E-state index in [4.69, 9.17) is 4.98 Å². The first-order valence-corrected chi connectivity index (χ1v) is 7.14. The number of benzene rings is 1. The maximum absolute atomic E-state index is 4.81. The van der Waals surface area contributed by atoms with Crippen molar-refractivity contribution in [1.82, 2.24) is 20.2 Å². The summed E-state index contributed by atoms with van der Waals surface area (Å²) in [7, 11) is 0. The summed E-state index contributed by atoms with van der Waals surface area (Å²) >= 11 is 0. The van der Waals surface area contributed by atoms with Crippen LogP contribution in [0, 0.1) is 0 Å². The van der Waals surface area contributed by atoms with Crippen LogP contribution in [-0.2, 0) is 6.54 Å². The molecule has 0 bridgehead atoms. The van der Waals surface area contributed by atoms with Crippen molar-refractivity contribution in [2.75, 3.05) is 26.2 Å². The number of aromatic amines is 1. The van der Waals surface area contributed by atoms with Crippen LogP contribution in [0.25, 0.3) is 11.0 Å². The summed E-state index contributed by atoms with van der Waals surface area (Å²) in [6.07, 6.45) is 0. The average molecular weight is 258 g/mol. The Morgan fingerprint density at radius 2 is 2.05 bits per heavy atom. The molecule has 1 aliphatic rings. The van der Waals surface area contributed by atoms with Crippen molar-refractivity contribution >= 4 is 11.0 Å². The van der Waals surface area contributed by atoms with E-state index in [2.05, 4.69) is 47.2 Å². The molecule has 2 N–H and O–H groups in total. The molecule has 1 saturated heterocycles. The van der Waals surface area contributed by atoms with E-state index in [-0.39, 0.29) is 0 Å². The Bertz CT molecular complexity index is 552. The number of imidazole rings is 1. The zero-order valence-corrected chi connectivity index (χ0v) is 11.7. The van der Waals surface area contributed by atoms with Crippen LogP contribution in [0.15, 0.2) is 18.2 Å². The number of nitrogens with one attached hydrogen (secondary N) is 2.